The zero-order valence-electron chi connectivity index (χ0n) is 18.5. The van der Waals surface area contributed by atoms with Crippen LogP contribution in [-0.2, 0) is 16.6 Å². The Morgan fingerprint density at radius 2 is 1.76 bits per heavy atom. The first-order valence-corrected chi connectivity index (χ1v) is 12.5. The largest absolute Gasteiger partial charge is 0.490 e. The molecule has 3 aromatic carbocycles. The van der Waals surface area contributed by atoms with E-state index in [1.807, 2.05) is 12.1 Å². The predicted molar refractivity (Wildman–Crippen MR) is 136 cm³/mol. The minimum Gasteiger partial charge on any atom is -0.490 e. The molecule has 0 heterocycles. The molecule has 0 atom stereocenters. The number of hydrogen-bond acceptors (Lipinski definition) is 5. The van der Waals surface area contributed by atoms with E-state index in [-0.39, 0.29) is 6.54 Å². The molecule has 0 bridgehead atoms. The van der Waals surface area contributed by atoms with Crippen molar-refractivity contribution in [1.29, 1.82) is 0 Å². The zero-order valence-corrected chi connectivity index (χ0v) is 20.1. The summed E-state index contributed by atoms with van der Waals surface area (Å²) in [5.74, 6) is 0.282. The normalized spacial score (nSPS) is 11.2. The van der Waals surface area contributed by atoms with Crippen LogP contribution in [0.4, 0.5) is 5.69 Å². The molecule has 0 aliphatic heterocycles. The Labute approximate surface area is 204 Å². The van der Waals surface area contributed by atoms with Crippen LogP contribution in [0, 0.1) is 0 Å². The van der Waals surface area contributed by atoms with E-state index in [1.165, 1.54) is 22.7 Å². The average molecular weight is 498 g/mol. The van der Waals surface area contributed by atoms with Crippen LogP contribution in [0.3, 0.4) is 0 Å². The summed E-state index contributed by atoms with van der Waals surface area (Å²) in [6.07, 6.45) is 4.30. The van der Waals surface area contributed by atoms with Gasteiger partial charge in [0.1, 0.15) is 12.4 Å². The molecule has 0 aromatic heterocycles. The van der Waals surface area contributed by atoms with E-state index in [0.29, 0.717) is 34.2 Å². The molecule has 34 heavy (non-hydrogen) atoms. The van der Waals surface area contributed by atoms with Crippen molar-refractivity contribution < 1.29 is 17.9 Å². The van der Waals surface area contributed by atoms with Crippen molar-refractivity contribution in [3.63, 3.8) is 0 Å². The fourth-order valence-corrected chi connectivity index (χ4v) is 4.07. The molecule has 9 heteroatoms. The maximum atomic E-state index is 12.4. The highest BCUT2D eigenvalue weighted by atomic mass is 35.5. The van der Waals surface area contributed by atoms with Crippen LogP contribution in [-0.4, -0.2) is 33.4 Å². The lowest BCUT2D eigenvalue weighted by molar-refractivity contribution is 0.0955. The molecule has 0 radical (unpaired) electrons. The topological polar surface area (TPSA) is 88.1 Å². The predicted octanol–water partition coefficient (Wildman–Crippen LogP) is 4.63. The molecule has 0 saturated carbocycles. The van der Waals surface area contributed by atoms with Crippen LogP contribution >= 0.6 is 11.6 Å². The van der Waals surface area contributed by atoms with Gasteiger partial charge in [0.25, 0.3) is 5.91 Å². The maximum absolute atomic E-state index is 12.4. The molecular weight excluding hydrogens is 474 g/mol. The van der Waals surface area contributed by atoms with E-state index in [1.54, 1.807) is 54.6 Å². The van der Waals surface area contributed by atoms with Gasteiger partial charge in [-0.25, -0.2) is 13.8 Å². The summed E-state index contributed by atoms with van der Waals surface area (Å²) in [5, 5.41) is 4.45. The van der Waals surface area contributed by atoms with Gasteiger partial charge >= 0.3 is 0 Å². The Balaban J connectivity index is 1.66. The second-order valence-corrected chi connectivity index (χ2v) is 9.59. The van der Waals surface area contributed by atoms with Gasteiger partial charge < -0.3 is 4.74 Å². The lowest BCUT2D eigenvalue weighted by Crippen LogP contribution is -2.29. The fraction of sp³-hybridized carbons (Fsp3) is 0.120. The summed E-state index contributed by atoms with van der Waals surface area (Å²) < 4.78 is 31.4. The van der Waals surface area contributed by atoms with Crippen LogP contribution < -0.4 is 14.5 Å². The number of rotatable bonds is 10. The van der Waals surface area contributed by atoms with Gasteiger partial charge in [0, 0.05) is 10.6 Å². The molecule has 0 aliphatic rings. The maximum Gasteiger partial charge on any atom is 0.271 e. The summed E-state index contributed by atoms with van der Waals surface area (Å²) in [7, 11) is -3.58. The molecule has 176 valence electrons. The number of sulfonamides is 1. The van der Waals surface area contributed by atoms with Crippen molar-refractivity contribution in [2.45, 2.75) is 6.54 Å². The van der Waals surface area contributed by atoms with Crippen molar-refractivity contribution in [3.8, 4) is 5.75 Å². The van der Waals surface area contributed by atoms with Gasteiger partial charge in [0.05, 0.1) is 24.7 Å². The third kappa shape index (κ3) is 6.94. The number of carbonyl (C=O) groups is 1. The van der Waals surface area contributed by atoms with Gasteiger partial charge in [-0.05, 0) is 65.7 Å². The first-order valence-electron chi connectivity index (χ1n) is 10.3. The van der Waals surface area contributed by atoms with Gasteiger partial charge in [-0.1, -0.05) is 42.5 Å². The Morgan fingerprint density at radius 3 is 2.38 bits per heavy atom. The number of anilines is 1. The Bertz CT molecular complexity index is 1270. The first kappa shape index (κ1) is 25.0. The zero-order chi connectivity index (χ0) is 24.6. The van der Waals surface area contributed by atoms with Crippen LogP contribution in [0.5, 0.6) is 5.75 Å². The van der Waals surface area contributed by atoms with E-state index in [0.717, 1.165) is 11.8 Å². The SMILES string of the molecule is C=CCOc1ccc(/C=N\NC(=O)c2ccc(N(Cc3ccccc3Cl)S(C)(=O)=O)cc2)cc1. The monoisotopic (exact) mass is 497 g/mol. The summed E-state index contributed by atoms with van der Waals surface area (Å²) in [5.41, 5.74) is 4.67. The van der Waals surface area contributed by atoms with Crippen LogP contribution in [0.25, 0.3) is 0 Å². The Kier molecular flexibility index (Phi) is 8.45. The second kappa shape index (κ2) is 11.5. The number of nitrogens with zero attached hydrogens (tertiary/aromatic N) is 2. The molecule has 0 saturated heterocycles. The molecule has 0 spiro atoms. The smallest absolute Gasteiger partial charge is 0.271 e. The van der Waals surface area contributed by atoms with Crippen molar-refractivity contribution in [2.75, 3.05) is 17.2 Å². The van der Waals surface area contributed by atoms with Crippen LogP contribution in [0.1, 0.15) is 21.5 Å². The van der Waals surface area contributed by atoms with Crippen molar-refractivity contribution in [3.05, 3.63) is 107 Å². The Morgan fingerprint density at radius 1 is 1.09 bits per heavy atom. The number of amides is 1. The van der Waals surface area contributed by atoms with Crippen molar-refractivity contribution in [1.82, 2.24) is 5.43 Å². The number of hydrazone groups is 1. The third-order valence-corrected chi connectivity index (χ3v) is 6.23. The number of carbonyl (C=O) groups excluding carboxylic acids is 1. The molecule has 0 unspecified atom stereocenters. The van der Waals surface area contributed by atoms with Gasteiger partial charge in [0.15, 0.2) is 0 Å². The lowest BCUT2D eigenvalue weighted by atomic mass is 10.2. The molecule has 1 N–H and O–H groups in total. The average Bonchev–Trinajstić information content (AvgIpc) is 2.82. The van der Waals surface area contributed by atoms with E-state index >= 15 is 0 Å². The minimum atomic E-state index is -3.58. The van der Waals surface area contributed by atoms with E-state index in [9.17, 15) is 13.2 Å². The summed E-state index contributed by atoms with van der Waals surface area (Å²) in [6, 6.07) is 20.5. The highest BCUT2D eigenvalue weighted by Gasteiger charge is 2.19. The number of ether oxygens (including phenoxy) is 1. The fourth-order valence-electron chi connectivity index (χ4n) is 3.00. The highest BCUT2D eigenvalue weighted by Crippen LogP contribution is 2.24. The summed E-state index contributed by atoms with van der Waals surface area (Å²) in [6.45, 7) is 4.09. The molecule has 1 amide bonds. The molecule has 0 aliphatic carbocycles. The molecule has 7 nitrogen and oxygen atoms in total. The van der Waals surface area contributed by atoms with E-state index in [4.69, 9.17) is 16.3 Å². The number of hydrogen-bond donors (Lipinski definition) is 1. The summed E-state index contributed by atoms with van der Waals surface area (Å²) in [4.78, 5) is 12.4. The van der Waals surface area contributed by atoms with Gasteiger partial charge in [-0.3, -0.25) is 9.10 Å². The lowest BCUT2D eigenvalue weighted by Gasteiger charge is -2.23. The third-order valence-electron chi connectivity index (χ3n) is 4.72. The number of nitrogens with one attached hydrogen (secondary N) is 1. The molecule has 0 fully saturated rings. The minimum absolute atomic E-state index is 0.0752. The van der Waals surface area contributed by atoms with E-state index < -0.39 is 15.9 Å². The van der Waals surface area contributed by atoms with Gasteiger partial charge in [-0.2, -0.15) is 5.10 Å². The second-order valence-electron chi connectivity index (χ2n) is 7.28. The Hall–Kier alpha value is -3.62. The highest BCUT2D eigenvalue weighted by molar-refractivity contribution is 7.92. The standard InChI is InChI=1S/C25H24ClN3O4S/c1-3-16-33-23-14-8-19(9-15-23)17-27-28-25(30)20-10-12-22(13-11-20)29(34(2,31)32)18-21-6-4-5-7-24(21)26/h3-15,17H,1,16,18H2,2H3,(H,28,30)/b27-17-. The molecule has 3 rings (SSSR count). The first-order chi connectivity index (χ1) is 16.3. The quantitative estimate of drug-likeness (QED) is 0.251. The number of benzene rings is 3. The van der Waals surface area contributed by atoms with Crippen LogP contribution in [0.15, 0.2) is 90.6 Å². The van der Waals surface area contributed by atoms with Crippen LogP contribution in [0.2, 0.25) is 5.02 Å². The molecule has 3 aromatic rings. The van der Waals surface area contributed by atoms with Gasteiger partial charge in [-0.15, -0.1) is 0 Å². The van der Waals surface area contributed by atoms with E-state index in [2.05, 4.69) is 17.1 Å². The van der Waals surface area contributed by atoms with Crippen molar-refractivity contribution >= 4 is 39.4 Å². The van der Waals surface area contributed by atoms with Crippen molar-refractivity contribution in [2.24, 2.45) is 5.10 Å². The van der Waals surface area contributed by atoms with Gasteiger partial charge in [0.2, 0.25) is 10.0 Å². The summed E-state index contributed by atoms with van der Waals surface area (Å²) >= 11 is 6.20. The molecular formula is C25H24ClN3O4S. The number of halogens is 1.